The molecule has 4 aromatic carbocycles. The summed E-state index contributed by atoms with van der Waals surface area (Å²) in [4.78, 5) is 21.4. The Hall–Kier alpha value is -6.73. The minimum absolute atomic E-state index is 0.241. The van der Waals surface area contributed by atoms with Gasteiger partial charge in [0.05, 0.1) is 36.2 Å². The molecule has 0 saturated carbocycles. The molecule has 0 unspecified atom stereocenters. The Morgan fingerprint density at radius 1 is 0.725 bits per heavy atom. The van der Waals surface area contributed by atoms with Crippen LogP contribution in [-0.4, -0.2) is 46.8 Å². The minimum atomic E-state index is -0.241. The number of benzene rings is 4. The minimum Gasteiger partial charge on any atom is -0.424 e. The predicted octanol–water partition coefficient (Wildman–Crippen LogP) is 7.76. The molecule has 0 aliphatic rings. The van der Waals surface area contributed by atoms with E-state index in [1.165, 1.54) is 6.07 Å². The van der Waals surface area contributed by atoms with Crippen molar-refractivity contribution in [2.24, 2.45) is 0 Å². The fourth-order valence-electron chi connectivity index (χ4n) is 5.26. The summed E-state index contributed by atoms with van der Waals surface area (Å²) in [6.45, 7) is 4.23. The third kappa shape index (κ3) is 7.79. The number of hydrogen-bond acceptors (Lipinski definition) is 10. The number of fused-ring (bicyclic) bond motifs is 2. The van der Waals surface area contributed by atoms with E-state index in [1.807, 2.05) is 92.0 Å². The number of rotatable bonds is 9. The Kier molecular flexibility index (Phi) is 9.52. The highest BCUT2D eigenvalue weighted by Gasteiger charge is 2.12. The van der Waals surface area contributed by atoms with E-state index in [1.54, 1.807) is 54.3 Å². The van der Waals surface area contributed by atoms with Gasteiger partial charge in [-0.25, -0.2) is 14.4 Å². The van der Waals surface area contributed by atoms with Gasteiger partial charge in [-0.3, -0.25) is 10.9 Å². The Morgan fingerprint density at radius 3 is 2.20 bits per heavy atom. The summed E-state index contributed by atoms with van der Waals surface area (Å²) < 4.78 is 24.5. The van der Waals surface area contributed by atoms with Crippen molar-refractivity contribution in [1.82, 2.24) is 39.7 Å². The summed E-state index contributed by atoms with van der Waals surface area (Å²) in [7, 11) is 1.65. The predicted molar refractivity (Wildman–Crippen MR) is 194 cm³/mol. The van der Waals surface area contributed by atoms with Crippen molar-refractivity contribution < 1.29 is 13.9 Å². The van der Waals surface area contributed by atoms with Gasteiger partial charge in [0.1, 0.15) is 11.6 Å². The van der Waals surface area contributed by atoms with Crippen LogP contribution >= 0.6 is 0 Å². The Morgan fingerprint density at radius 2 is 1.47 bits per heavy atom. The van der Waals surface area contributed by atoms with Crippen molar-refractivity contribution in [2.45, 2.75) is 20.5 Å². The summed E-state index contributed by atoms with van der Waals surface area (Å²) >= 11 is 0. The summed E-state index contributed by atoms with van der Waals surface area (Å²) in [5, 5.41) is 10.2. The number of anilines is 2. The van der Waals surface area contributed by atoms with Gasteiger partial charge in [0.2, 0.25) is 0 Å². The number of aromatic nitrogens is 8. The molecule has 0 fully saturated rings. The third-order valence-corrected chi connectivity index (χ3v) is 7.69. The second kappa shape index (κ2) is 14.8. The third-order valence-electron chi connectivity index (χ3n) is 7.69. The van der Waals surface area contributed by atoms with Crippen LogP contribution < -0.4 is 15.6 Å². The van der Waals surface area contributed by atoms with Gasteiger partial charge >= 0.3 is 6.01 Å². The highest BCUT2D eigenvalue weighted by molar-refractivity contribution is 5.91. The molecule has 12 nitrogen and oxygen atoms in total. The average Bonchev–Trinajstić information content (AvgIpc) is 3.82. The fourth-order valence-corrected chi connectivity index (χ4v) is 5.26. The highest BCUT2D eigenvalue weighted by Crippen LogP contribution is 2.27. The van der Waals surface area contributed by atoms with Crippen molar-refractivity contribution in [3.63, 3.8) is 0 Å². The quantitative estimate of drug-likeness (QED) is 0.156. The lowest BCUT2D eigenvalue weighted by Crippen LogP contribution is -2.12. The lowest BCUT2D eigenvalue weighted by atomic mass is 10.1. The first-order valence-electron chi connectivity index (χ1n) is 16.0. The van der Waals surface area contributed by atoms with Gasteiger partial charge in [0.25, 0.3) is 0 Å². The molecule has 4 aromatic heterocycles. The van der Waals surface area contributed by atoms with E-state index in [0.717, 1.165) is 38.5 Å². The maximum Gasteiger partial charge on any atom is 0.324 e. The van der Waals surface area contributed by atoms with Crippen LogP contribution in [0.5, 0.6) is 11.8 Å². The van der Waals surface area contributed by atoms with Crippen molar-refractivity contribution in [3.05, 3.63) is 144 Å². The lowest BCUT2D eigenvalue weighted by Gasteiger charge is -2.11. The molecule has 0 aliphatic carbocycles. The van der Waals surface area contributed by atoms with Gasteiger partial charge in [0, 0.05) is 35.2 Å². The van der Waals surface area contributed by atoms with Crippen molar-refractivity contribution >= 4 is 33.4 Å². The molecule has 0 saturated heterocycles. The van der Waals surface area contributed by atoms with Gasteiger partial charge in [-0.05, 0) is 85.6 Å². The van der Waals surface area contributed by atoms with Gasteiger partial charge < -0.3 is 9.47 Å². The summed E-state index contributed by atoms with van der Waals surface area (Å²) in [6, 6.07) is 30.2. The molecular weight excluding hydrogens is 647 g/mol. The van der Waals surface area contributed by atoms with Crippen LogP contribution in [0.2, 0.25) is 0 Å². The maximum atomic E-state index is 13.5. The number of ether oxygens (including phenoxy) is 2. The molecular formula is C38H33FN10O2. The van der Waals surface area contributed by atoms with Gasteiger partial charge in [-0.15, -0.1) is 0 Å². The normalized spacial score (nSPS) is 10.9. The molecule has 0 amide bonds. The Labute approximate surface area is 292 Å². The second-order valence-corrected chi connectivity index (χ2v) is 11.6. The number of nitrogens with zero attached hydrogens (tertiary/aromatic N) is 8. The Balaban J connectivity index is 0.000000160. The largest absolute Gasteiger partial charge is 0.424 e. The van der Waals surface area contributed by atoms with E-state index in [2.05, 4.69) is 41.0 Å². The first-order valence-corrected chi connectivity index (χ1v) is 16.0. The zero-order valence-corrected chi connectivity index (χ0v) is 28.0. The smallest absolute Gasteiger partial charge is 0.324 e. The number of aryl methyl sites for hydroxylation is 2. The summed E-state index contributed by atoms with van der Waals surface area (Å²) in [5.74, 6) is 2.23. The monoisotopic (exact) mass is 680 g/mol. The van der Waals surface area contributed by atoms with Crippen LogP contribution in [0.15, 0.2) is 122 Å². The lowest BCUT2D eigenvalue weighted by molar-refractivity contribution is 0.185. The second-order valence-electron chi connectivity index (χ2n) is 11.6. The van der Waals surface area contributed by atoms with Crippen molar-refractivity contribution in [1.29, 1.82) is 0 Å². The first kappa shape index (κ1) is 32.8. The first-order chi connectivity index (χ1) is 24.9. The molecule has 4 heterocycles. The van der Waals surface area contributed by atoms with Crippen molar-refractivity contribution in [2.75, 3.05) is 18.0 Å². The van der Waals surface area contributed by atoms with E-state index >= 15 is 0 Å². The molecule has 0 aliphatic heterocycles. The van der Waals surface area contributed by atoms with E-state index in [4.69, 9.17) is 9.47 Å². The summed E-state index contributed by atoms with van der Waals surface area (Å²) in [5.41, 5.74) is 11.3. The zero-order valence-electron chi connectivity index (χ0n) is 28.0. The van der Waals surface area contributed by atoms with Crippen LogP contribution in [0.1, 0.15) is 16.7 Å². The van der Waals surface area contributed by atoms with Gasteiger partial charge in [0.15, 0.2) is 17.5 Å². The van der Waals surface area contributed by atoms with Gasteiger partial charge in [-0.1, -0.05) is 36.4 Å². The summed E-state index contributed by atoms with van der Waals surface area (Å²) in [6.07, 6.45) is 7.06. The number of halogens is 1. The molecule has 2 N–H and O–H groups in total. The maximum absolute atomic E-state index is 13.5. The SMILES string of the molecule is COCc1cnn(Nc2nc(Oc3cccc(C)c3)nc3ccccc23)c1.Cc1cc(-c2nc(Nn3cccn3)c3ccccc3n2)ccc1F. The van der Waals surface area contributed by atoms with Crippen LogP contribution in [0.25, 0.3) is 33.2 Å². The van der Waals surface area contributed by atoms with Crippen molar-refractivity contribution in [3.8, 4) is 23.1 Å². The zero-order chi connectivity index (χ0) is 35.2. The van der Waals surface area contributed by atoms with E-state index < -0.39 is 0 Å². The number of nitrogens with one attached hydrogen (secondary N) is 2. The van der Waals surface area contributed by atoms with E-state index in [0.29, 0.717) is 35.4 Å². The topological polar surface area (TPSA) is 130 Å². The molecule has 0 bridgehead atoms. The van der Waals surface area contributed by atoms with Crippen LogP contribution in [0, 0.1) is 19.7 Å². The van der Waals surface area contributed by atoms with E-state index in [-0.39, 0.29) is 11.8 Å². The molecule has 8 rings (SSSR count). The fraction of sp³-hybridized carbons (Fsp3) is 0.105. The molecule has 0 radical (unpaired) electrons. The molecule has 13 heteroatoms. The Bertz CT molecular complexity index is 2430. The van der Waals surface area contributed by atoms with E-state index in [9.17, 15) is 4.39 Å². The molecule has 0 spiro atoms. The van der Waals surface area contributed by atoms with Crippen LogP contribution in [0.4, 0.5) is 16.0 Å². The number of para-hydroxylation sites is 2. The number of hydrogen-bond donors (Lipinski definition) is 2. The van der Waals surface area contributed by atoms with Gasteiger partial charge in [-0.2, -0.15) is 29.7 Å². The molecule has 51 heavy (non-hydrogen) atoms. The number of methoxy groups -OCH3 is 1. The molecule has 254 valence electrons. The molecule has 8 aromatic rings. The standard InChI is InChI=1S/C20H19N5O2.C18H14FN5/c1-14-6-5-7-16(10-14)27-20-22-18-9-4-3-8-17(18)19(23-20)24-25-12-15(11-21-25)13-26-2;1-12-11-13(7-8-15(12)19)17-21-16-6-3-2-5-14(16)18(22-17)23-24-10-4-9-20-24/h3-12H,13H2,1-2H3,(H,22,23,24);2-11H,1H3,(H,21,22,23). The van der Waals surface area contributed by atoms with Crippen LogP contribution in [-0.2, 0) is 11.3 Å². The molecule has 0 atom stereocenters. The van der Waals surface area contributed by atoms with Crippen LogP contribution in [0.3, 0.4) is 0 Å². The highest BCUT2D eigenvalue weighted by atomic mass is 19.1. The average molecular weight is 681 g/mol.